The van der Waals surface area contributed by atoms with Crippen LogP contribution in [-0.2, 0) is 23.9 Å². The minimum absolute atomic E-state index is 0.123. The normalized spacial score (nSPS) is 10.3. The van der Waals surface area contributed by atoms with Crippen LogP contribution in [0.5, 0.6) is 0 Å². The lowest BCUT2D eigenvalue weighted by atomic mass is 10.2. The number of hydrogen-bond acceptors (Lipinski definition) is 6. The van der Waals surface area contributed by atoms with E-state index in [1.165, 1.54) is 0 Å². The summed E-state index contributed by atoms with van der Waals surface area (Å²) in [5.74, 6) is -2.04. The number of nitrogens with one attached hydrogen (secondary N) is 2. The molecule has 8 nitrogen and oxygen atoms in total. The van der Waals surface area contributed by atoms with E-state index in [0.29, 0.717) is 38.6 Å². The molecule has 2 rings (SSSR count). The first-order chi connectivity index (χ1) is 15.7. The summed E-state index contributed by atoms with van der Waals surface area (Å²) in [6.45, 7) is 3.51. The standard InChI is InChI=1S/C23H24BrClN2O6/c1-3-12-32-23(31)15-4-6-16(7-5-15)26-19(28)10-11-21(30)33-13-20(29)27-18-9-8-17(24)22(25)14(18)2/h4-9H,3,10-13H2,1-2H3,(H,26,28)(H,27,29). The Bertz CT molecular complexity index is 1030. The number of esters is 2. The Balaban J connectivity index is 1.72. The van der Waals surface area contributed by atoms with E-state index in [1.54, 1.807) is 43.3 Å². The zero-order valence-electron chi connectivity index (χ0n) is 18.2. The third kappa shape index (κ3) is 8.51. The fourth-order valence-electron chi connectivity index (χ4n) is 2.60. The Morgan fingerprint density at radius 1 is 0.939 bits per heavy atom. The van der Waals surface area contributed by atoms with Crippen LogP contribution in [0.4, 0.5) is 11.4 Å². The van der Waals surface area contributed by atoms with Crippen molar-refractivity contribution in [3.63, 3.8) is 0 Å². The maximum atomic E-state index is 12.0. The summed E-state index contributed by atoms with van der Waals surface area (Å²) in [7, 11) is 0. The third-order valence-corrected chi connectivity index (χ3v) is 5.75. The molecule has 0 aliphatic carbocycles. The zero-order valence-corrected chi connectivity index (χ0v) is 20.5. The van der Waals surface area contributed by atoms with Gasteiger partial charge in [-0.1, -0.05) is 18.5 Å². The quantitative estimate of drug-likeness (QED) is 0.417. The predicted octanol–water partition coefficient (Wildman–Crippen LogP) is 4.88. The second-order valence-corrected chi connectivity index (χ2v) is 8.24. The second kappa shape index (κ2) is 13.0. The van der Waals surface area contributed by atoms with Crippen molar-refractivity contribution in [1.82, 2.24) is 0 Å². The highest BCUT2D eigenvalue weighted by Gasteiger charge is 2.13. The van der Waals surface area contributed by atoms with Crippen LogP contribution in [0.3, 0.4) is 0 Å². The first kappa shape index (κ1) is 26.3. The Morgan fingerprint density at radius 2 is 1.64 bits per heavy atom. The van der Waals surface area contributed by atoms with E-state index in [0.717, 1.165) is 6.42 Å². The van der Waals surface area contributed by atoms with Gasteiger partial charge in [-0.2, -0.15) is 0 Å². The van der Waals surface area contributed by atoms with Gasteiger partial charge in [-0.25, -0.2) is 4.79 Å². The van der Waals surface area contributed by atoms with Gasteiger partial charge in [0.1, 0.15) is 0 Å². The van der Waals surface area contributed by atoms with Crippen molar-refractivity contribution >= 4 is 62.7 Å². The van der Waals surface area contributed by atoms with E-state index in [4.69, 9.17) is 21.1 Å². The van der Waals surface area contributed by atoms with Crippen LogP contribution >= 0.6 is 27.5 Å². The Labute approximate surface area is 205 Å². The number of rotatable bonds is 10. The number of halogens is 2. The molecule has 0 radical (unpaired) electrons. The van der Waals surface area contributed by atoms with Gasteiger partial charge >= 0.3 is 11.9 Å². The first-order valence-corrected chi connectivity index (χ1v) is 11.4. The average Bonchev–Trinajstić information content (AvgIpc) is 2.80. The number of anilines is 2. The van der Waals surface area contributed by atoms with Crippen molar-refractivity contribution in [3.05, 3.63) is 57.0 Å². The SMILES string of the molecule is CCCOC(=O)c1ccc(NC(=O)CCC(=O)OCC(=O)Nc2ccc(Br)c(Cl)c2C)cc1. The molecule has 10 heteroatoms. The van der Waals surface area contributed by atoms with Gasteiger partial charge in [0.05, 0.1) is 23.6 Å². The molecular formula is C23H24BrClN2O6. The molecule has 33 heavy (non-hydrogen) atoms. The maximum Gasteiger partial charge on any atom is 0.338 e. The van der Waals surface area contributed by atoms with E-state index >= 15 is 0 Å². The topological polar surface area (TPSA) is 111 Å². The lowest BCUT2D eigenvalue weighted by Gasteiger charge is -2.11. The molecule has 0 unspecified atom stereocenters. The summed E-state index contributed by atoms with van der Waals surface area (Å²) in [4.78, 5) is 47.7. The van der Waals surface area contributed by atoms with Crippen molar-refractivity contribution in [3.8, 4) is 0 Å². The van der Waals surface area contributed by atoms with Gasteiger partial charge in [0, 0.05) is 22.3 Å². The summed E-state index contributed by atoms with van der Waals surface area (Å²) in [6, 6.07) is 9.60. The second-order valence-electron chi connectivity index (χ2n) is 7.00. The van der Waals surface area contributed by atoms with Crippen LogP contribution in [-0.4, -0.2) is 37.0 Å². The number of carbonyl (C=O) groups is 4. The highest BCUT2D eigenvalue weighted by Crippen LogP contribution is 2.30. The Morgan fingerprint density at radius 3 is 2.30 bits per heavy atom. The molecule has 2 aromatic rings. The lowest BCUT2D eigenvalue weighted by molar-refractivity contribution is -0.147. The Kier molecular flexibility index (Phi) is 10.3. The van der Waals surface area contributed by atoms with Crippen LogP contribution in [0, 0.1) is 6.92 Å². The smallest absolute Gasteiger partial charge is 0.338 e. The highest BCUT2D eigenvalue weighted by atomic mass is 79.9. The first-order valence-electron chi connectivity index (χ1n) is 10.2. The number of hydrogen-bond donors (Lipinski definition) is 2. The van der Waals surface area contributed by atoms with E-state index in [1.807, 2.05) is 6.92 Å². The van der Waals surface area contributed by atoms with Crippen LogP contribution in [0.15, 0.2) is 40.9 Å². The molecule has 2 amide bonds. The summed E-state index contributed by atoms with van der Waals surface area (Å²) in [6.07, 6.45) is 0.415. The van der Waals surface area contributed by atoms with Crippen LogP contribution in [0.2, 0.25) is 5.02 Å². The average molecular weight is 540 g/mol. The molecule has 2 aromatic carbocycles. The molecule has 0 saturated heterocycles. The Hall–Kier alpha value is -2.91. The van der Waals surface area contributed by atoms with Gasteiger partial charge in [-0.15, -0.1) is 0 Å². The van der Waals surface area contributed by atoms with Crippen molar-refractivity contribution in [2.45, 2.75) is 33.1 Å². The van der Waals surface area contributed by atoms with E-state index in [9.17, 15) is 19.2 Å². The van der Waals surface area contributed by atoms with Crippen molar-refractivity contribution in [1.29, 1.82) is 0 Å². The molecule has 0 aromatic heterocycles. The molecule has 0 aliphatic heterocycles. The van der Waals surface area contributed by atoms with E-state index in [-0.39, 0.29) is 12.8 Å². The minimum atomic E-state index is -0.681. The van der Waals surface area contributed by atoms with Crippen molar-refractivity contribution in [2.24, 2.45) is 0 Å². The zero-order chi connectivity index (χ0) is 24.4. The van der Waals surface area contributed by atoms with Gasteiger partial charge in [0.2, 0.25) is 5.91 Å². The van der Waals surface area contributed by atoms with Gasteiger partial charge < -0.3 is 20.1 Å². The lowest BCUT2D eigenvalue weighted by Crippen LogP contribution is -2.22. The molecule has 0 atom stereocenters. The highest BCUT2D eigenvalue weighted by molar-refractivity contribution is 9.10. The summed E-state index contributed by atoms with van der Waals surface area (Å²) in [5.41, 5.74) is 2.04. The number of carbonyl (C=O) groups excluding carboxylic acids is 4. The predicted molar refractivity (Wildman–Crippen MR) is 128 cm³/mol. The molecule has 0 saturated carbocycles. The molecule has 2 N–H and O–H groups in total. The molecule has 0 aliphatic rings. The monoisotopic (exact) mass is 538 g/mol. The maximum absolute atomic E-state index is 12.0. The summed E-state index contributed by atoms with van der Waals surface area (Å²) in [5, 5.41) is 5.72. The van der Waals surface area contributed by atoms with Gasteiger partial charge in [-0.05, 0) is 71.2 Å². The largest absolute Gasteiger partial charge is 0.462 e. The molecular weight excluding hydrogens is 516 g/mol. The van der Waals surface area contributed by atoms with Gasteiger partial charge in [-0.3, -0.25) is 14.4 Å². The van der Waals surface area contributed by atoms with Crippen LogP contribution in [0.25, 0.3) is 0 Å². The van der Waals surface area contributed by atoms with Crippen molar-refractivity contribution < 1.29 is 28.7 Å². The molecule has 176 valence electrons. The fraction of sp³-hybridized carbons (Fsp3) is 0.304. The third-order valence-electron chi connectivity index (χ3n) is 4.38. The van der Waals surface area contributed by atoms with Gasteiger partial charge in [0.15, 0.2) is 6.61 Å². The summed E-state index contributed by atoms with van der Waals surface area (Å²) < 4.78 is 10.7. The molecule has 0 bridgehead atoms. The summed E-state index contributed by atoms with van der Waals surface area (Å²) >= 11 is 9.42. The van der Waals surface area contributed by atoms with E-state index in [2.05, 4.69) is 26.6 Å². The molecule has 0 spiro atoms. The van der Waals surface area contributed by atoms with E-state index < -0.39 is 30.4 Å². The van der Waals surface area contributed by atoms with Crippen LogP contribution in [0.1, 0.15) is 42.1 Å². The van der Waals surface area contributed by atoms with Gasteiger partial charge in [0.25, 0.3) is 5.91 Å². The molecule has 0 heterocycles. The number of amides is 2. The van der Waals surface area contributed by atoms with Crippen molar-refractivity contribution in [2.75, 3.05) is 23.8 Å². The van der Waals surface area contributed by atoms with Crippen LogP contribution < -0.4 is 10.6 Å². The minimum Gasteiger partial charge on any atom is -0.462 e. The fourth-order valence-corrected chi connectivity index (χ4v) is 3.19. The number of benzene rings is 2. The number of ether oxygens (including phenoxy) is 2. The molecule has 0 fully saturated rings.